The number of rotatable bonds is 8. The first-order chi connectivity index (χ1) is 13.9. The van der Waals surface area contributed by atoms with E-state index in [1.54, 1.807) is 42.5 Å². The summed E-state index contributed by atoms with van der Waals surface area (Å²) in [6.45, 7) is 0.400. The molecule has 0 heterocycles. The lowest BCUT2D eigenvalue weighted by molar-refractivity contribution is 0.306. The maximum atomic E-state index is 12.9. The van der Waals surface area contributed by atoms with Gasteiger partial charge in [-0.25, -0.2) is 17.5 Å². The van der Waals surface area contributed by atoms with E-state index in [9.17, 15) is 12.8 Å². The quantitative estimate of drug-likeness (QED) is 0.564. The van der Waals surface area contributed by atoms with Gasteiger partial charge in [0.2, 0.25) is 10.0 Å². The summed E-state index contributed by atoms with van der Waals surface area (Å²) in [5.41, 5.74) is 1.60. The first kappa shape index (κ1) is 21.1. The van der Waals surface area contributed by atoms with E-state index in [0.29, 0.717) is 17.4 Å². The second-order valence-electron chi connectivity index (χ2n) is 6.18. The molecule has 29 heavy (non-hydrogen) atoms. The van der Waals surface area contributed by atoms with Crippen LogP contribution in [0.3, 0.4) is 0 Å². The van der Waals surface area contributed by atoms with Crippen molar-refractivity contribution < 1.29 is 22.3 Å². The van der Waals surface area contributed by atoms with E-state index in [1.165, 1.54) is 31.4 Å². The van der Waals surface area contributed by atoms with Crippen LogP contribution >= 0.6 is 11.6 Å². The molecule has 3 rings (SSSR count). The molecule has 0 aliphatic rings. The van der Waals surface area contributed by atoms with Gasteiger partial charge in [0.25, 0.3) is 0 Å². The number of benzene rings is 3. The SMILES string of the molecule is COc1ccc(Cl)cc1S(=O)(=O)NCc1ccc(OCc2ccc(F)cc2)cc1. The number of methoxy groups -OCH3 is 1. The van der Waals surface area contributed by atoms with Gasteiger partial charge >= 0.3 is 0 Å². The van der Waals surface area contributed by atoms with Crippen molar-refractivity contribution in [3.63, 3.8) is 0 Å². The molecule has 0 saturated heterocycles. The molecular formula is C21H19ClFNO4S. The van der Waals surface area contributed by atoms with Crippen molar-refractivity contribution in [2.75, 3.05) is 7.11 Å². The third-order valence-electron chi connectivity index (χ3n) is 4.12. The van der Waals surface area contributed by atoms with E-state index in [1.807, 2.05) is 0 Å². The van der Waals surface area contributed by atoms with Gasteiger partial charge in [-0.3, -0.25) is 0 Å². The molecule has 0 bridgehead atoms. The number of hydrogen-bond acceptors (Lipinski definition) is 4. The molecule has 3 aromatic rings. The zero-order valence-corrected chi connectivity index (χ0v) is 17.1. The van der Waals surface area contributed by atoms with Gasteiger partial charge in [0.1, 0.15) is 28.8 Å². The van der Waals surface area contributed by atoms with Crippen LogP contribution in [0.4, 0.5) is 4.39 Å². The topological polar surface area (TPSA) is 64.6 Å². The minimum Gasteiger partial charge on any atom is -0.495 e. The molecule has 3 aromatic carbocycles. The smallest absolute Gasteiger partial charge is 0.244 e. The number of ether oxygens (including phenoxy) is 2. The van der Waals surface area contributed by atoms with Crippen molar-refractivity contribution in [2.45, 2.75) is 18.0 Å². The van der Waals surface area contributed by atoms with Crippen molar-refractivity contribution in [1.82, 2.24) is 4.72 Å². The van der Waals surface area contributed by atoms with Crippen molar-refractivity contribution in [2.24, 2.45) is 0 Å². The summed E-state index contributed by atoms with van der Waals surface area (Å²) in [5, 5.41) is 0.300. The second kappa shape index (κ2) is 9.26. The molecule has 0 unspecified atom stereocenters. The summed E-state index contributed by atoms with van der Waals surface area (Å²) in [5.74, 6) is 0.542. The molecule has 5 nitrogen and oxygen atoms in total. The van der Waals surface area contributed by atoms with Crippen molar-refractivity contribution in [1.29, 1.82) is 0 Å². The maximum absolute atomic E-state index is 12.9. The molecule has 0 radical (unpaired) electrons. The van der Waals surface area contributed by atoms with E-state index in [0.717, 1.165) is 11.1 Å². The van der Waals surface area contributed by atoms with E-state index in [-0.39, 0.29) is 23.0 Å². The molecular weight excluding hydrogens is 417 g/mol. The Bertz CT molecular complexity index is 1070. The zero-order valence-electron chi connectivity index (χ0n) is 15.6. The van der Waals surface area contributed by atoms with Crippen molar-refractivity contribution in [3.05, 3.63) is 88.7 Å². The fraction of sp³-hybridized carbons (Fsp3) is 0.143. The highest BCUT2D eigenvalue weighted by molar-refractivity contribution is 7.89. The lowest BCUT2D eigenvalue weighted by Crippen LogP contribution is -2.23. The molecule has 152 valence electrons. The van der Waals surface area contributed by atoms with Crippen LogP contribution < -0.4 is 14.2 Å². The average Bonchev–Trinajstić information content (AvgIpc) is 2.72. The highest BCUT2D eigenvalue weighted by atomic mass is 35.5. The van der Waals surface area contributed by atoms with E-state index in [4.69, 9.17) is 21.1 Å². The largest absolute Gasteiger partial charge is 0.495 e. The molecule has 0 saturated carbocycles. The normalized spacial score (nSPS) is 11.3. The van der Waals surface area contributed by atoms with Crippen LogP contribution in [0.2, 0.25) is 5.02 Å². The Balaban J connectivity index is 1.61. The summed E-state index contributed by atoms with van der Waals surface area (Å²) >= 11 is 5.92. The summed E-state index contributed by atoms with van der Waals surface area (Å²) in [4.78, 5) is -0.0215. The molecule has 8 heteroatoms. The highest BCUT2D eigenvalue weighted by Crippen LogP contribution is 2.27. The van der Waals surface area contributed by atoms with E-state index < -0.39 is 10.0 Å². The summed E-state index contributed by atoms with van der Waals surface area (Å²) < 4.78 is 51.4. The Morgan fingerprint density at radius 1 is 0.966 bits per heavy atom. The molecule has 0 fully saturated rings. The Morgan fingerprint density at radius 2 is 1.62 bits per heavy atom. The molecule has 0 aromatic heterocycles. The van der Waals surface area contributed by atoms with Crippen LogP contribution in [0.1, 0.15) is 11.1 Å². The van der Waals surface area contributed by atoms with Crippen LogP contribution in [0.5, 0.6) is 11.5 Å². The van der Waals surface area contributed by atoms with Crippen LogP contribution in [-0.2, 0) is 23.2 Å². The highest BCUT2D eigenvalue weighted by Gasteiger charge is 2.19. The Hall–Kier alpha value is -2.61. The fourth-order valence-corrected chi connectivity index (χ4v) is 4.01. The molecule has 0 spiro atoms. The lowest BCUT2D eigenvalue weighted by atomic mass is 10.2. The van der Waals surface area contributed by atoms with Crippen LogP contribution in [0.15, 0.2) is 71.6 Å². The zero-order chi connectivity index (χ0) is 20.9. The van der Waals surface area contributed by atoms with Crippen molar-refractivity contribution >= 4 is 21.6 Å². The number of halogens is 2. The predicted molar refractivity (Wildman–Crippen MR) is 109 cm³/mol. The summed E-state index contributed by atoms with van der Waals surface area (Å²) in [7, 11) is -2.41. The maximum Gasteiger partial charge on any atom is 0.244 e. The molecule has 0 aliphatic heterocycles. The third-order valence-corrected chi connectivity index (χ3v) is 5.78. The first-order valence-electron chi connectivity index (χ1n) is 8.67. The van der Waals surface area contributed by atoms with Crippen LogP contribution in [-0.4, -0.2) is 15.5 Å². The van der Waals surface area contributed by atoms with Gasteiger partial charge in [-0.1, -0.05) is 35.9 Å². The third kappa shape index (κ3) is 5.69. The molecule has 0 aliphatic carbocycles. The fourth-order valence-electron chi connectivity index (χ4n) is 2.57. The van der Waals surface area contributed by atoms with Gasteiger partial charge in [0, 0.05) is 11.6 Å². The summed E-state index contributed by atoms with van der Waals surface area (Å²) in [6.07, 6.45) is 0. The minimum absolute atomic E-state index is 0.0215. The average molecular weight is 436 g/mol. The van der Waals surface area contributed by atoms with Crippen molar-refractivity contribution in [3.8, 4) is 11.5 Å². The van der Waals surface area contributed by atoms with Gasteiger partial charge < -0.3 is 9.47 Å². The second-order valence-corrected chi connectivity index (χ2v) is 8.35. The number of sulfonamides is 1. The molecule has 0 atom stereocenters. The standard InChI is InChI=1S/C21H19ClFNO4S/c1-27-20-11-6-17(22)12-21(20)29(25,26)24-13-15-4-9-19(10-5-15)28-14-16-2-7-18(23)8-3-16/h2-12,24H,13-14H2,1H3. The Labute approximate surface area is 174 Å². The minimum atomic E-state index is -3.80. The van der Waals surface area contributed by atoms with Gasteiger partial charge in [-0.2, -0.15) is 0 Å². The van der Waals surface area contributed by atoms with Crippen LogP contribution in [0.25, 0.3) is 0 Å². The van der Waals surface area contributed by atoms with Gasteiger partial charge in [0.15, 0.2) is 0 Å². The van der Waals surface area contributed by atoms with E-state index >= 15 is 0 Å². The predicted octanol–water partition coefficient (Wildman–Crippen LogP) is 4.55. The summed E-state index contributed by atoms with van der Waals surface area (Å²) in [6, 6.07) is 17.5. The van der Waals surface area contributed by atoms with E-state index in [2.05, 4.69) is 4.72 Å². The Morgan fingerprint density at radius 3 is 2.28 bits per heavy atom. The number of nitrogens with one attached hydrogen (secondary N) is 1. The Kier molecular flexibility index (Phi) is 6.74. The van der Waals surface area contributed by atoms with Gasteiger partial charge in [-0.15, -0.1) is 0 Å². The molecule has 1 N–H and O–H groups in total. The van der Waals surface area contributed by atoms with Gasteiger partial charge in [-0.05, 0) is 53.6 Å². The monoisotopic (exact) mass is 435 g/mol. The molecule has 0 amide bonds. The lowest BCUT2D eigenvalue weighted by Gasteiger charge is -2.12. The number of hydrogen-bond donors (Lipinski definition) is 1. The van der Waals surface area contributed by atoms with Gasteiger partial charge in [0.05, 0.1) is 7.11 Å². The first-order valence-corrected chi connectivity index (χ1v) is 10.5. The van der Waals surface area contributed by atoms with Crippen LogP contribution in [0, 0.1) is 5.82 Å².